The molecule has 0 bridgehead atoms. The summed E-state index contributed by atoms with van der Waals surface area (Å²) in [5.74, 6) is 3.95. The third-order valence-electron chi connectivity index (χ3n) is 4.72. The van der Waals surface area contributed by atoms with E-state index in [1.807, 2.05) is 13.1 Å². The van der Waals surface area contributed by atoms with E-state index in [1.165, 1.54) is 6.42 Å². The monoisotopic (exact) mass is 357 g/mol. The van der Waals surface area contributed by atoms with Gasteiger partial charge in [-0.05, 0) is 49.7 Å². The van der Waals surface area contributed by atoms with Crippen molar-refractivity contribution in [2.75, 3.05) is 7.05 Å². The predicted molar refractivity (Wildman–Crippen MR) is 97.8 cm³/mol. The zero-order valence-corrected chi connectivity index (χ0v) is 15.0. The maximum atomic E-state index is 12.2. The number of benzene rings is 1. The number of nitrogens with zero attached hydrogens (tertiary/aromatic N) is 2. The molecule has 0 amide bonds. The van der Waals surface area contributed by atoms with Gasteiger partial charge in [-0.25, -0.2) is 4.98 Å². The van der Waals surface area contributed by atoms with Gasteiger partial charge in [-0.1, -0.05) is 18.5 Å². The van der Waals surface area contributed by atoms with Crippen LogP contribution in [0.15, 0.2) is 39.5 Å². The first-order valence-corrected chi connectivity index (χ1v) is 8.83. The highest BCUT2D eigenvalue weighted by molar-refractivity contribution is 6.31. The zero-order valence-electron chi connectivity index (χ0n) is 14.3. The predicted octanol–water partition coefficient (Wildman–Crippen LogP) is 3.92. The summed E-state index contributed by atoms with van der Waals surface area (Å²) >= 11 is 6.00. The summed E-state index contributed by atoms with van der Waals surface area (Å²) in [6, 6.07) is 9.22. The molecule has 1 aromatic carbocycles. The van der Waals surface area contributed by atoms with Gasteiger partial charge in [0.05, 0.1) is 24.0 Å². The fraction of sp³-hybridized carbons (Fsp3) is 0.368. The van der Waals surface area contributed by atoms with Crippen LogP contribution in [-0.2, 0) is 13.1 Å². The summed E-state index contributed by atoms with van der Waals surface area (Å²) in [6.45, 7) is 3.43. The summed E-state index contributed by atoms with van der Waals surface area (Å²) in [4.78, 5) is 21.6. The molecule has 4 rings (SSSR count). The number of halogens is 1. The number of hydrogen-bond donors (Lipinski definition) is 1. The first kappa shape index (κ1) is 16.4. The number of H-pyrrole nitrogens is 1. The molecule has 2 aromatic heterocycles. The van der Waals surface area contributed by atoms with Crippen molar-refractivity contribution in [3.8, 4) is 0 Å². The van der Waals surface area contributed by atoms with Crippen LogP contribution in [0.5, 0.6) is 0 Å². The van der Waals surface area contributed by atoms with Crippen molar-refractivity contribution in [3.05, 3.63) is 63.1 Å². The minimum Gasteiger partial charge on any atom is -0.464 e. The molecule has 1 fully saturated rings. The summed E-state index contributed by atoms with van der Waals surface area (Å²) in [7, 11) is 1.98. The van der Waals surface area contributed by atoms with Gasteiger partial charge in [-0.3, -0.25) is 9.69 Å². The van der Waals surface area contributed by atoms with Crippen molar-refractivity contribution in [2.45, 2.75) is 32.4 Å². The van der Waals surface area contributed by atoms with Gasteiger partial charge >= 0.3 is 0 Å². The molecule has 1 N–H and O–H groups in total. The molecule has 0 spiro atoms. The maximum Gasteiger partial charge on any atom is 0.258 e. The number of aromatic nitrogens is 2. The van der Waals surface area contributed by atoms with Gasteiger partial charge in [0.25, 0.3) is 5.56 Å². The van der Waals surface area contributed by atoms with Gasteiger partial charge < -0.3 is 9.40 Å². The Morgan fingerprint density at radius 1 is 1.32 bits per heavy atom. The van der Waals surface area contributed by atoms with Crippen LogP contribution in [-0.4, -0.2) is 21.9 Å². The fourth-order valence-corrected chi connectivity index (χ4v) is 3.38. The van der Waals surface area contributed by atoms with Gasteiger partial charge in [0.1, 0.15) is 17.3 Å². The molecule has 2 atom stereocenters. The lowest BCUT2D eigenvalue weighted by Gasteiger charge is -2.14. The molecular weight excluding hydrogens is 338 g/mol. The van der Waals surface area contributed by atoms with Crippen molar-refractivity contribution in [1.29, 1.82) is 0 Å². The highest BCUT2D eigenvalue weighted by Gasteiger charge is 2.36. The molecule has 130 valence electrons. The molecule has 5 nitrogen and oxygen atoms in total. The molecular formula is C19H20ClN3O2. The van der Waals surface area contributed by atoms with Crippen molar-refractivity contribution in [1.82, 2.24) is 14.9 Å². The second kappa shape index (κ2) is 6.32. The van der Waals surface area contributed by atoms with Crippen molar-refractivity contribution >= 4 is 22.5 Å². The average molecular weight is 358 g/mol. The SMILES string of the molecule is C[C@@H]1C[C@H]1c1ccc(CN(C)Cc2nc3cc(Cl)ccc3c(=O)[nH]2)o1. The Balaban J connectivity index is 1.48. The van der Waals surface area contributed by atoms with Gasteiger partial charge in [0, 0.05) is 10.9 Å². The van der Waals surface area contributed by atoms with E-state index in [9.17, 15) is 4.79 Å². The summed E-state index contributed by atoms with van der Waals surface area (Å²) in [6.07, 6.45) is 1.22. The third-order valence-corrected chi connectivity index (χ3v) is 4.96. The molecule has 1 aliphatic rings. The van der Waals surface area contributed by atoms with Crippen LogP contribution in [0.2, 0.25) is 5.02 Å². The number of furan rings is 1. The van der Waals surface area contributed by atoms with E-state index in [4.69, 9.17) is 16.0 Å². The molecule has 0 saturated heterocycles. The van der Waals surface area contributed by atoms with E-state index >= 15 is 0 Å². The molecule has 0 unspecified atom stereocenters. The second-order valence-corrected chi connectivity index (χ2v) is 7.41. The van der Waals surface area contributed by atoms with Crippen LogP contribution in [0.1, 0.15) is 36.6 Å². The second-order valence-electron chi connectivity index (χ2n) is 6.97. The number of aromatic amines is 1. The number of hydrogen-bond acceptors (Lipinski definition) is 4. The van der Waals surface area contributed by atoms with Gasteiger partial charge in [-0.2, -0.15) is 0 Å². The van der Waals surface area contributed by atoms with E-state index in [2.05, 4.69) is 27.9 Å². The molecule has 3 aromatic rings. The topological polar surface area (TPSA) is 62.1 Å². The largest absolute Gasteiger partial charge is 0.464 e. The average Bonchev–Trinajstić information content (AvgIpc) is 3.09. The van der Waals surface area contributed by atoms with Gasteiger partial charge in [0.15, 0.2) is 0 Å². The molecule has 1 saturated carbocycles. The van der Waals surface area contributed by atoms with E-state index in [-0.39, 0.29) is 5.56 Å². The summed E-state index contributed by atoms with van der Waals surface area (Å²) < 4.78 is 5.94. The van der Waals surface area contributed by atoms with Crippen molar-refractivity contribution in [2.24, 2.45) is 5.92 Å². The minimum absolute atomic E-state index is 0.145. The highest BCUT2D eigenvalue weighted by atomic mass is 35.5. The standard InChI is InChI=1S/C19H20ClN3O2/c1-11-7-15(11)17-6-4-13(25-17)9-23(2)10-18-21-16-8-12(20)3-5-14(16)19(24)22-18/h3-6,8,11,15H,7,9-10H2,1-2H3,(H,21,22,24)/t11-,15-/m1/s1. The van der Waals surface area contributed by atoms with Gasteiger partial charge in [0.2, 0.25) is 0 Å². The van der Waals surface area contributed by atoms with Crippen molar-refractivity contribution < 1.29 is 4.42 Å². The smallest absolute Gasteiger partial charge is 0.258 e. The summed E-state index contributed by atoms with van der Waals surface area (Å²) in [5.41, 5.74) is 0.468. The van der Waals surface area contributed by atoms with Crippen LogP contribution in [0.25, 0.3) is 10.9 Å². The number of rotatable bonds is 5. The van der Waals surface area contributed by atoms with Crippen LogP contribution in [0, 0.1) is 5.92 Å². The lowest BCUT2D eigenvalue weighted by atomic mass is 10.2. The molecule has 0 aliphatic heterocycles. The number of nitrogens with one attached hydrogen (secondary N) is 1. The Morgan fingerprint density at radius 3 is 2.88 bits per heavy atom. The first-order valence-electron chi connectivity index (χ1n) is 8.45. The van der Waals surface area contributed by atoms with E-state index in [1.54, 1.807) is 18.2 Å². The Bertz CT molecular complexity index is 978. The van der Waals surface area contributed by atoms with E-state index in [0.717, 1.165) is 17.4 Å². The Morgan fingerprint density at radius 2 is 2.12 bits per heavy atom. The molecule has 1 aliphatic carbocycles. The minimum atomic E-state index is -0.145. The quantitative estimate of drug-likeness (QED) is 0.751. The molecule has 2 heterocycles. The molecule has 0 radical (unpaired) electrons. The first-order chi connectivity index (χ1) is 12.0. The normalized spacial score (nSPS) is 19.7. The Kier molecular flexibility index (Phi) is 4.13. The molecule has 6 heteroatoms. The maximum absolute atomic E-state index is 12.2. The van der Waals surface area contributed by atoms with Gasteiger partial charge in [-0.15, -0.1) is 0 Å². The van der Waals surface area contributed by atoms with Crippen LogP contribution >= 0.6 is 11.6 Å². The zero-order chi connectivity index (χ0) is 17.6. The van der Waals surface area contributed by atoms with E-state index < -0.39 is 0 Å². The van der Waals surface area contributed by atoms with Crippen molar-refractivity contribution in [3.63, 3.8) is 0 Å². The molecule has 25 heavy (non-hydrogen) atoms. The lowest BCUT2D eigenvalue weighted by molar-refractivity contribution is 0.277. The lowest BCUT2D eigenvalue weighted by Crippen LogP contribution is -2.21. The van der Waals surface area contributed by atoms with E-state index in [0.29, 0.717) is 40.8 Å². The van der Waals surface area contributed by atoms with Crippen LogP contribution < -0.4 is 5.56 Å². The van der Waals surface area contributed by atoms with Crippen LogP contribution in [0.4, 0.5) is 0 Å². The Labute approximate surface area is 150 Å². The fourth-order valence-electron chi connectivity index (χ4n) is 3.21. The summed E-state index contributed by atoms with van der Waals surface area (Å²) in [5, 5.41) is 1.12. The number of fused-ring (bicyclic) bond motifs is 1. The highest BCUT2D eigenvalue weighted by Crippen LogP contribution is 2.47. The third kappa shape index (κ3) is 3.48. The Hall–Kier alpha value is -2.11. The van der Waals surface area contributed by atoms with Crippen LogP contribution in [0.3, 0.4) is 0 Å².